The Labute approximate surface area is 223 Å². The number of thioether (sulfide) groups is 1. The molecule has 3 aromatic rings. The van der Waals surface area contributed by atoms with Gasteiger partial charge in [0.2, 0.25) is 5.91 Å². The first-order chi connectivity index (χ1) is 16.8. The number of rotatable bonds is 7. The molecule has 0 aromatic heterocycles. The molecule has 178 valence electrons. The Balaban J connectivity index is 1.40. The van der Waals surface area contributed by atoms with Crippen LogP contribution in [0.1, 0.15) is 11.1 Å². The minimum Gasteiger partial charge on any atom is -0.488 e. The third kappa shape index (κ3) is 6.41. The van der Waals surface area contributed by atoms with Crippen molar-refractivity contribution >= 4 is 74.8 Å². The topological polar surface area (TPSA) is 75.7 Å². The summed E-state index contributed by atoms with van der Waals surface area (Å²) in [6, 6.07) is 18.2. The van der Waals surface area contributed by atoms with E-state index in [-0.39, 0.29) is 17.3 Å². The first-order valence-electron chi connectivity index (χ1n) is 10.3. The van der Waals surface area contributed by atoms with Crippen molar-refractivity contribution in [2.45, 2.75) is 6.61 Å². The zero-order chi connectivity index (χ0) is 24.9. The Morgan fingerprint density at radius 3 is 2.66 bits per heavy atom. The highest BCUT2D eigenvalue weighted by Gasteiger charge is 2.36. The maximum atomic E-state index is 13.3. The lowest BCUT2D eigenvalue weighted by Gasteiger charge is -2.13. The van der Waals surface area contributed by atoms with Crippen molar-refractivity contribution in [2.24, 2.45) is 0 Å². The van der Waals surface area contributed by atoms with Crippen molar-refractivity contribution in [3.8, 4) is 5.75 Å². The van der Waals surface area contributed by atoms with E-state index in [0.717, 1.165) is 20.2 Å². The number of halogens is 3. The predicted octanol–water partition coefficient (Wildman–Crippen LogP) is 6.34. The lowest BCUT2D eigenvalue weighted by Crippen LogP contribution is -2.36. The van der Waals surface area contributed by atoms with Gasteiger partial charge in [0.1, 0.15) is 24.7 Å². The molecule has 6 nitrogen and oxygen atoms in total. The number of hydrogen-bond donors (Lipinski definition) is 1. The summed E-state index contributed by atoms with van der Waals surface area (Å²) < 4.78 is 19.9. The zero-order valence-electron chi connectivity index (χ0n) is 18.0. The van der Waals surface area contributed by atoms with Crippen molar-refractivity contribution in [1.29, 1.82) is 0 Å². The summed E-state index contributed by atoms with van der Waals surface area (Å²) in [5, 5.41) is 2.43. The second-order valence-electron chi connectivity index (χ2n) is 7.40. The van der Waals surface area contributed by atoms with Crippen LogP contribution in [0.15, 0.2) is 71.6 Å². The van der Waals surface area contributed by atoms with Crippen molar-refractivity contribution in [3.05, 3.63) is 97.2 Å². The molecule has 3 amide bonds. The highest BCUT2D eigenvalue weighted by Crippen LogP contribution is 2.33. The standard InChI is InChI=1S/C25H17ClFIN2O4S/c26-18-6-1-2-7-20(18)29-23(31)13-30-24(32)22(35-25(30)33)12-15-8-9-21(19(28)11-15)34-14-16-4-3-5-17(27)10-16/h1-12H,13-14H2,(H,29,31)/b22-12+. The van der Waals surface area contributed by atoms with Crippen molar-refractivity contribution in [1.82, 2.24) is 4.90 Å². The molecular formula is C25H17ClFIN2O4S. The summed E-state index contributed by atoms with van der Waals surface area (Å²) in [6.45, 7) is -0.208. The number of benzene rings is 3. The minimum absolute atomic E-state index is 0.211. The average molecular weight is 623 g/mol. The number of imide groups is 1. The molecule has 10 heteroatoms. The second-order valence-corrected chi connectivity index (χ2v) is 9.97. The molecule has 0 spiro atoms. The molecule has 1 N–H and O–H groups in total. The van der Waals surface area contributed by atoms with Gasteiger partial charge in [-0.05, 0) is 88.0 Å². The molecule has 3 aromatic carbocycles. The monoisotopic (exact) mass is 622 g/mol. The van der Waals surface area contributed by atoms with Crippen LogP contribution in [0.4, 0.5) is 14.9 Å². The molecule has 0 aliphatic carbocycles. The van der Waals surface area contributed by atoms with Gasteiger partial charge in [-0.15, -0.1) is 0 Å². The van der Waals surface area contributed by atoms with Crippen LogP contribution < -0.4 is 10.1 Å². The van der Waals surface area contributed by atoms with Gasteiger partial charge < -0.3 is 10.1 Å². The van der Waals surface area contributed by atoms with Crippen LogP contribution in [0.2, 0.25) is 5.02 Å². The smallest absolute Gasteiger partial charge is 0.294 e. The summed E-state index contributed by atoms with van der Waals surface area (Å²) >= 11 is 8.91. The van der Waals surface area contributed by atoms with E-state index >= 15 is 0 Å². The Bertz CT molecular complexity index is 1350. The second kappa shape index (κ2) is 11.2. The third-order valence-corrected chi connectivity index (χ3v) is 6.94. The van der Waals surface area contributed by atoms with Gasteiger partial charge in [0.05, 0.1) is 19.2 Å². The Morgan fingerprint density at radius 2 is 1.91 bits per heavy atom. The van der Waals surface area contributed by atoms with Crippen LogP contribution in [0.3, 0.4) is 0 Å². The van der Waals surface area contributed by atoms with Crippen molar-refractivity contribution in [3.63, 3.8) is 0 Å². The number of anilines is 1. The zero-order valence-corrected chi connectivity index (χ0v) is 21.7. The normalized spacial score (nSPS) is 14.5. The summed E-state index contributed by atoms with van der Waals surface area (Å²) in [7, 11) is 0. The molecule has 35 heavy (non-hydrogen) atoms. The van der Waals surface area contributed by atoms with Gasteiger partial charge in [-0.25, -0.2) is 4.39 Å². The van der Waals surface area contributed by atoms with Crippen LogP contribution >= 0.6 is 46.0 Å². The number of amides is 3. The maximum Gasteiger partial charge on any atom is 0.294 e. The minimum atomic E-state index is -0.546. The van der Waals surface area contributed by atoms with E-state index in [0.29, 0.717) is 27.6 Å². The summed E-state index contributed by atoms with van der Waals surface area (Å²) in [5.74, 6) is -0.797. The number of hydrogen-bond acceptors (Lipinski definition) is 5. The molecular weight excluding hydrogens is 606 g/mol. The van der Waals surface area contributed by atoms with Crippen LogP contribution in [-0.4, -0.2) is 28.5 Å². The average Bonchev–Trinajstić information content (AvgIpc) is 3.07. The van der Waals surface area contributed by atoms with Gasteiger partial charge in [-0.1, -0.05) is 41.9 Å². The maximum absolute atomic E-state index is 13.3. The van der Waals surface area contributed by atoms with Crippen LogP contribution in [0.25, 0.3) is 6.08 Å². The summed E-state index contributed by atoms with van der Waals surface area (Å²) in [5.41, 5.74) is 1.80. The SMILES string of the molecule is O=C(CN1C(=O)S/C(=C/c2ccc(OCc3cccc(F)c3)c(I)c2)C1=O)Nc1ccccc1Cl. The van der Waals surface area contributed by atoms with Crippen molar-refractivity contribution in [2.75, 3.05) is 11.9 Å². The van der Waals surface area contributed by atoms with Gasteiger partial charge in [0, 0.05) is 0 Å². The molecule has 1 aliphatic heterocycles. The molecule has 4 rings (SSSR count). The lowest BCUT2D eigenvalue weighted by molar-refractivity contribution is -0.127. The third-order valence-electron chi connectivity index (χ3n) is 4.86. The molecule has 1 heterocycles. The largest absolute Gasteiger partial charge is 0.488 e. The fourth-order valence-corrected chi connectivity index (χ4v) is 4.91. The van der Waals surface area contributed by atoms with E-state index in [2.05, 4.69) is 27.9 Å². The molecule has 1 fully saturated rings. The molecule has 0 bridgehead atoms. The number of ether oxygens (including phenoxy) is 1. The Kier molecular flexibility index (Phi) is 8.09. The molecule has 0 unspecified atom stereocenters. The van der Waals surface area contributed by atoms with E-state index in [4.69, 9.17) is 16.3 Å². The van der Waals surface area contributed by atoms with Crippen LogP contribution in [0, 0.1) is 9.39 Å². The Hall–Kier alpha value is -2.89. The first kappa shape index (κ1) is 25.2. The number of carbonyl (C=O) groups excluding carboxylic acids is 3. The summed E-state index contributed by atoms with van der Waals surface area (Å²) in [6.07, 6.45) is 1.59. The number of para-hydroxylation sites is 1. The van der Waals surface area contributed by atoms with Gasteiger partial charge in [-0.2, -0.15) is 0 Å². The highest BCUT2D eigenvalue weighted by atomic mass is 127. The van der Waals surface area contributed by atoms with E-state index < -0.39 is 23.6 Å². The fraction of sp³-hybridized carbons (Fsp3) is 0.0800. The molecule has 0 saturated carbocycles. The highest BCUT2D eigenvalue weighted by molar-refractivity contribution is 14.1. The van der Waals surface area contributed by atoms with Crippen LogP contribution in [0.5, 0.6) is 5.75 Å². The van der Waals surface area contributed by atoms with Gasteiger partial charge in [0.25, 0.3) is 11.1 Å². The number of carbonyl (C=O) groups is 3. The fourth-order valence-electron chi connectivity index (χ4n) is 3.20. The van der Waals surface area contributed by atoms with E-state index in [9.17, 15) is 18.8 Å². The van der Waals surface area contributed by atoms with E-state index in [1.165, 1.54) is 12.1 Å². The molecule has 1 aliphatic rings. The van der Waals surface area contributed by atoms with Crippen molar-refractivity contribution < 1.29 is 23.5 Å². The van der Waals surface area contributed by atoms with E-state index in [1.807, 2.05) is 0 Å². The predicted molar refractivity (Wildman–Crippen MR) is 143 cm³/mol. The van der Waals surface area contributed by atoms with E-state index in [1.54, 1.807) is 60.7 Å². The Morgan fingerprint density at radius 1 is 1.11 bits per heavy atom. The quantitative estimate of drug-likeness (QED) is 0.246. The number of nitrogens with zero attached hydrogens (tertiary/aromatic N) is 1. The first-order valence-corrected chi connectivity index (χ1v) is 12.5. The van der Waals surface area contributed by atoms with Gasteiger partial charge in [0.15, 0.2) is 0 Å². The summed E-state index contributed by atoms with van der Waals surface area (Å²) in [4.78, 5) is 38.6. The number of nitrogens with one attached hydrogen (secondary N) is 1. The lowest BCUT2D eigenvalue weighted by atomic mass is 10.2. The molecule has 0 atom stereocenters. The van der Waals surface area contributed by atoms with Gasteiger partial charge >= 0.3 is 0 Å². The van der Waals surface area contributed by atoms with Crippen LogP contribution in [-0.2, 0) is 16.2 Å². The molecule has 1 saturated heterocycles. The van der Waals surface area contributed by atoms with Gasteiger partial charge in [-0.3, -0.25) is 19.3 Å². The molecule has 0 radical (unpaired) electrons.